The molecule has 1 aromatic rings. The van der Waals surface area contributed by atoms with Crippen molar-refractivity contribution < 1.29 is 8.42 Å². The Balaban J connectivity index is 2.22. The van der Waals surface area contributed by atoms with Crippen LogP contribution in [0.2, 0.25) is 0 Å². The lowest BCUT2D eigenvalue weighted by Gasteiger charge is -2.00. The molecule has 0 spiro atoms. The molecule has 1 unspecified atom stereocenters. The van der Waals surface area contributed by atoms with Crippen LogP contribution in [0, 0.1) is 6.92 Å². The van der Waals surface area contributed by atoms with Gasteiger partial charge in [-0.1, -0.05) is 36.4 Å². The molecule has 0 bridgehead atoms. The summed E-state index contributed by atoms with van der Waals surface area (Å²) in [6, 6.07) is 6.61. The van der Waals surface area contributed by atoms with E-state index in [1.807, 2.05) is 13.8 Å². The SMILES string of the molecule is CCC1N[N]C(=NS(=O)(=O)c2ccc(C)cc2)S1. The number of sulfonamides is 1. The summed E-state index contributed by atoms with van der Waals surface area (Å²) in [5, 5.41) is 0.374. The van der Waals surface area contributed by atoms with Crippen LogP contribution in [0.15, 0.2) is 33.6 Å². The molecule has 1 aliphatic rings. The molecule has 7 heteroatoms. The smallest absolute Gasteiger partial charge is 0.199 e. The highest BCUT2D eigenvalue weighted by molar-refractivity contribution is 8.15. The van der Waals surface area contributed by atoms with Gasteiger partial charge in [-0.3, -0.25) is 0 Å². The van der Waals surface area contributed by atoms with Gasteiger partial charge < -0.3 is 0 Å². The topological polar surface area (TPSA) is 72.6 Å². The third-order valence-electron chi connectivity index (χ3n) is 2.44. The zero-order valence-corrected chi connectivity index (χ0v) is 11.8. The molecule has 0 aromatic heterocycles. The predicted molar refractivity (Wildman–Crippen MR) is 72.7 cm³/mol. The van der Waals surface area contributed by atoms with E-state index in [0.29, 0.717) is 0 Å². The molecule has 0 saturated carbocycles. The second-order valence-corrected chi connectivity index (χ2v) is 6.69. The zero-order chi connectivity index (χ0) is 13.2. The predicted octanol–water partition coefficient (Wildman–Crippen LogP) is 1.63. The average molecular weight is 284 g/mol. The first-order valence-electron chi connectivity index (χ1n) is 5.56. The molecule has 2 rings (SSSR count). The third kappa shape index (κ3) is 3.04. The van der Waals surface area contributed by atoms with Gasteiger partial charge in [0.2, 0.25) is 5.17 Å². The van der Waals surface area contributed by atoms with Crippen LogP contribution in [-0.4, -0.2) is 19.0 Å². The first-order chi connectivity index (χ1) is 8.51. The largest absolute Gasteiger partial charge is 0.284 e. The van der Waals surface area contributed by atoms with Gasteiger partial charge in [-0.15, -0.1) is 4.40 Å². The van der Waals surface area contributed by atoms with Crippen LogP contribution in [0.3, 0.4) is 0 Å². The first-order valence-corrected chi connectivity index (χ1v) is 7.88. The number of nitrogens with zero attached hydrogens (tertiary/aromatic N) is 2. The Labute approximate surface area is 111 Å². The Morgan fingerprint density at radius 3 is 2.61 bits per heavy atom. The molecule has 1 aromatic carbocycles. The second-order valence-electron chi connectivity index (χ2n) is 3.92. The summed E-state index contributed by atoms with van der Waals surface area (Å²) in [7, 11) is -3.66. The lowest BCUT2D eigenvalue weighted by Crippen LogP contribution is -2.24. The molecule has 1 heterocycles. The fourth-order valence-electron chi connectivity index (χ4n) is 1.39. The van der Waals surface area contributed by atoms with Crippen molar-refractivity contribution >= 4 is 27.0 Å². The Hall–Kier alpha value is -1.05. The molecule has 1 aliphatic heterocycles. The Morgan fingerprint density at radius 2 is 2.06 bits per heavy atom. The first kappa shape index (κ1) is 13.4. The fourth-order valence-corrected chi connectivity index (χ4v) is 3.32. The number of nitrogens with one attached hydrogen (secondary N) is 1. The van der Waals surface area contributed by atoms with Crippen molar-refractivity contribution in [2.45, 2.75) is 30.5 Å². The van der Waals surface area contributed by atoms with Crippen LogP contribution in [-0.2, 0) is 10.0 Å². The number of thioether (sulfide) groups is 1. The maximum Gasteiger partial charge on any atom is 0.284 e. The molecule has 0 amide bonds. The van der Waals surface area contributed by atoms with Gasteiger partial charge in [-0.05, 0) is 25.5 Å². The molecule has 18 heavy (non-hydrogen) atoms. The molecule has 97 valence electrons. The van der Waals surface area contributed by atoms with E-state index < -0.39 is 10.0 Å². The van der Waals surface area contributed by atoms with Crippen LogP contribution in [0.25, 0.3) is 0 Å². The maximum atomic E-state index is 12.0. The quantitative estimate of drug-likeness (QED) is 0.915. The average Bonchev–Trinajstić information content (AvgIpc) is 2.76. The van der Waals surface area contributed by atoms with Crippen LogP contribution in [0.5, 0.6) is 0 Å². The number of rotatable bonds is 3. The normalized spacial score (nSPS) is 22.1. The minimum atomic E-state index is -3.66. The van der Waals surface area contributed by atoms with E-state index in [1.54, 1.807) is 24.3 Å². The summed E-state index contributed by atoms with van der Waals surface area (Å²) in [5.41, 5.74) is 7.74. The number of hydrogen-bond donors (Lipinski definition) is 1. The Kier molecular flexibility index (Phi) is 3.94. The number of benzene rings is 1. The molecular formula is C11H14N3O2S2. The standard InChI is InChI=1S/C11H14N3O2S2/c1-3-10-12-13-11(17-10)14-18(15,16)9-6-4-8(2)5-7-9/h4-7,10,12H,3H2,1-2H3. The van der Waals surface area contributed by atoms with E-state index in [4.69, 9.17) is 0 Å². The van der Waals surface area contributed by atoms with Crippen molar-refractivity contribution in [3.63, 3.8) is 0 Å². The summed E-state index contributed by atoms with van der Waals surface area (Å²) in [4.78, 5) is 0.191. The lowest BCUT2D eigenvalue weighted by molar-refractivity contribution is 0.596. The van der Waals surface area contributed by atoms with Crippen molar-refractivity contribution in [2.75, 3.05) is 0 Å². The Bertz CT molecular complexity index is 552. The van der Waals surface area contributed by atoms with E-state index in [9.17, 15) is 8.42 Å². The second kappa shape index (κ2) is 5.29. The third-order valence-corrected chi connectivity index (χ3v) is 4.95. The molecule has 0 aliphatic carbocycles. The number of amidine groups is 1. The summed E-state index contributed by atoms with van der Waals surface area (Å²) in [6.45, 7) is 3.90. The van der Waals surface area contributed by atoms with Crippen molar-refractivity contribution in [1.29, 1.82) is 0 Å². The lowest BCUT2D eigenvalue weighted by atomic mass is 10.2. The van der Waals surface area contributed by atoms with Gasteiger partial charge >= 0.3 is 0 Å². The van der Waals surface area contributed by atoms with Gasteiger partial charge in [0.1, 0.15) is 0 Å². The molecule has 1 N–H and O–H groups in total. The molecule has 1 radical (unpaired) electrons. The van der Waals surface area contributed by atoms with Crippen molar-refractivity contribution in [1.82, 2.24) is 10.9 Å². The maximum absolute atomic E-state index is 12.0. The van der Waals surface area contributed by atoms with Crippen molar-refractivity contribution in [3.05, 3.63) is 29.8 Å². The summed E-state index contributed by atoms with van der Waals surface area (Å²) in [6.07, 6.45) is 0.859. The minimum absolute atomic E-state index is 0.108. The van der Waals surface area contributed by atoms with E-state index in [1.165, 1.54) is 11.8 Å². The highest BCUT2D eigenvalue weighted by atomic mass is 32.2. The molecule has 1 saturated heterocycles. The van der Waals surface area contributed by atoms with E-state index in [0.717, 1.165) is 12.0 Å². The summed E-state index contributed by atoms with van der Waals surface area (Å²) >= 11 is 1.33. The van der Waals surface area contributed by atoms with Crippen LogP contribution >= 0.6 is 11.8 Å². The summed E-state index contributed by atoms with van der Waals surface area (Å²) < 4.78 is 27.7. The zero-order valence-electron chi connectivity index (χ0n) is 10.1. The minimum Gasteiger partial charge on any atom is -0.199 e. The van der Waals surface area contributed by atoms with E-state index in [-0.39, 0.29) is 15.4 Å². The van der Waals surface area contributed by atoms with Gasteiger partial charge in [-0.2, -0.15) is 19.3 Å². The molecule has 1 fully saturated rings. The van der Waals surface area contributed by atoms with Gasteiger partial charge in [0.05, 0.1) is 10.3 Å². The van der Waals surface area contributed by atoms with E-state index >= 15 is 0 Å². The molecular weight excluding hydrogens is 270 g/mol. The molecule has 1 atom stereocenters. The monoisotopic (exact) mass is 284 g/mol. The van der Waals surface area contributed by atoms with Crippen molar-refractivity contribution in [2.24, 2.45) is 4.40 Å². The fraction of sp³-hybridized carbons (Fsp3) is 0.364. The van der Waals surface area contributed by atoms with Crippen LogP contribution in [0.4, 0.5) is 0 Å². The van der Waals surface area contributed by atoms with Gasteiger partial charge in [0.25, 0.3) is 10.0 Å². The molecule has 5 nitrogen and oxygen atoms in total. The Morgan fingerprint density at radius 1 is 1.39 bits per heavy atom. The highest BCUT2D eigenvalue weighted by Crippen LogP contribution is 2.21. The highest BCUT2D eigenvalue weighted by Gasteiger charge is 2.23. The van der Waals surface area contributed by atoms with E-state index in [2.05, 4.69) is 15.2 Å². The van der Waals surface area contributed by atoms with Gasteiger partial charge in [0.15, 0.2) is 0 Å². The van der Waals surface area contributed by atoms with Gasteiger partial charge in [-0.25, -0.2) is 0 Å². The van der Waals surface area contributed by atoms with Crippen molar-refractivity contribution in [3.8, 4) is 0 Å². The van der Waals surface area contributed by atoms with Crippen LogP contribution < -0.4 is 10.9 Å². The number of aryl methyl sites for hydroxylation is 1. The summed E-state index contributed by atoms with van der Waals surface area (Å²) in [5.74, 6) is 0. The van der Waals surface area contributed by atoms with Crippen LogP contribution in [0.1, 0.15) is 18.9 Å². The number of hydrogen-bond acceptors (Lipinski definition) is 4. The van der Waals surface area contributed by atoms with Gasteiger partial charge in [0, 0.05) is 0 Å².